The van der Waals surface area contributed by atoms with Gasteiger partial charge in [-0.25, -0.2) is 30.7 Å². The lowest BCUT2D eigenvalue weighted by Crippen LogP contribution is -2.51. The maximum Gasteiger partial charge on any atom is 0.501 e. The van der Waals surface area contributed by atoms with Gasteiger partial charge in [0.25, 0.3) is 25.8 Å². The number of nitrogens with zero attached hydrogens (tertiary/aromatic N) is 6. The van der Waals surface area contributed by atoms with Gasteiger partial charge in [0.1, 0.15) is 10.7 Å². The molecule has 10 rings (SSSR count). The van der Waals surface area contributed by atoms with Crippen LogP contribution in [0.3, 0.4) is 0 Å². The summed E-state index contributed by atoms with van der Waals surface area (Å²) in [6, 6.07) is 29.8. The molecule has 0 unspecified atom stereocenters. The standard InChI is InChI=1S/C62H72ClF4N9O8S3/c1-61(43-73-29-33-75(34-30-73)56-19-16-50(38-54(56)64)76-26-22-58(77)69-60(76)79)23-20-53(44-8-12-47(63)13-9-44)46(40-61)41-72-27-31-74(32-28-72)49-14-10-45(11-15-49)59(78)70-87(82,83)52-17-18-55(57(39-52)86(80,81)62(65,66)67)68-48(42-85-51-6-3-2-4-7-51)21-25-71-24-5-36-84-37-35-71/h2-4,6-19,38-39,48,68H,5,20-37,40-43H2,1H3,(H,70,78)(H,69,77,79)/t48-,61-/m1/s1. The fourth-order valence-corrected chi connectivity index (χ4v) is 15.3. The summed E-state index contributed by atoms with van der Waals surface area (Å²) >= 11 is 7.79. The Morgan fingerprint density at radius 3 is 2.17 bits per heavy atom. The van der Waals surface area contributed by atoms with Crippen molar-refractivity contribution in [3.05, 3.63) is 143 Å². The quantitative estimate of drug-likeness (QED) is 0.0494. The number of piperazine rings is 2. The number of hydrogen-bond acceptors (Lipinski definition) is 15. The van der Waals surface area contributed by atoms with Crippen LogP contribution in [0.2, 0.25) is 5.02 Å². The van der Waals surface area contributed by atoms with Crippen LogP contribution in [0.4, 0.5) is 45.1 Å². The molecule has 4 amide bonds. The van der Waals surface area contributed by atoms with Gasteiger partial charge in [0.05, 0.1) is 22.9 Å². The molecule has 0 bridgehead atoms. The molecular weight excluding hydrogens is 1210 g/mol. The van der Waals surface area contributed by atoms with Crippen molar-refractivity contribution in [3.63, 3.8) is 0 Å². The van der Waals surface area contributed by atoms with Gasteiger partial charge in [-0.05, 0) is 134 Å². The Labute approximate surface area is 515 Å². The molecule has 0 aromatic heterocycles. The summed E-state index contributed by atoms with van der Waals surface area (Å²) in [6.45, 7) is 12.9. The Hall–Kier alpha value is -6.25. The van der Waals surface area contributed by atoms with Gasteiger partial charge < -0.3 is 24.8 Å². The Morgan fingerprint density at radius 1 is 0.770 bits per heavy atom. The molecule has 4 saturated heterocycles. The van der Waals surface area contributed by atoms with Gasteiger partial charge in [0.2, 0.25) is 5.91 Å². The van der Waals surface area contributed by atoms with Gasteiger partial charge in [-0.3, -0.25) is 29.6 Å². The number of sulfonamides is 1. The van der Waals surface area contributed by atoms with E-state index in [-0.39, 0.29) is 29.9 Å². The van der Waals surface area contributed by atoms with E-state index < -0.39 is 64.6 Å². The number of halogens is 5. The largest absolute Gasteiger partial charge is 0.501 e. The number of hydrogen-bond donors (Lipinski definition) is 3. The predicted octanol–water partition coefficient (Wildman–Crippen LogP) is 9.61. The van der Waals surface area contributed by atoms with Crippen LogP contribution in [-0.2, 0) is 29.4 Å². The van der Waals surface area contributed by atoms with Crippen LogP contribution < -0.4 is 30.1 Å². The number of thioether (sulfide) groups is 1. The Morgan fingerprint density at radius 2 is 1.47 bits per heavy atom. The smallest absolute Gasteiger partial charge is 0.380 e. The molecule has 17 nitrogen and oxygen atoms in total. The number of benzene rings is 5. The lowest BCUT2D eigenvalue weighted by molar-refractivity contribution is -0.120. The molecule has 0 spiro atoms. The van der Waals surface area contributed by atoms with Crippen LogP contribution >= 0.6 is 23.4 Å². The number of carbonyl (C=O) groups is 3. The molecule has 466 valence electrons. The van der Waals surface area contributed by atoms with Crippen molar-refractivity contribution in [2.75, 3.05) is 131 Å². The molecule has 5 aromatic carbocycles. The van der Waals surface area contributed by atoms with Crippen molar-refractivity contribution < 1.29 is 53.5 Å². The monoisotopic (exact) mass is 1280 g/mol. The number of sulfone groups is 1. The van der Waals surface area contributed by atoms with Crippen molar-refractivity contribution in [1.82, 2.24) is 24.7 Å². The fraction of sp³-hybridized carbons (Fsp3) is 0.435. The molecule has 0 radical (unpaired) electrons. The highest BCUT2D eigenvalue weighted by molar-refractivity contribution is 7.99. The van der Waals surface area contributed by atoms with Crippen LogP contribution in [-0.4, -0.2) is 172 Å². The predicted molar refractivity (Wildman–Crippen MR) is 331 cm³/mol. The van der Waals surface area contributed by atoms with Crippen molar-refractivity contribution in [2.24, 2.45) is 5.41 Å². The highest BCUT2D eigenvalue weighted by Gasteiger charge is 2.49. The van der Waals surface area contributed by atoms with E-state index in [2.05, 4.69) is 49.3 Å². The number of alkyl halides is 3. The van der Waals surface area contributed by atoms with Crippen LogP contribution in [0.25, 0.3) is 5.57 Å². The van der Waals surface area contributed by atoms with Gasteiger partial charge in [-0.15, -0.1) is 11.8 Å². The maximum atomic E-state index is 15.6. The molecule has 4 aliphatic heterocycles. The Balaban J connectivity index is 0.758. The van der Waals surface area contributed by atoms with Crippen molar-refractivity contribution in [3.8, 4) is 0 Å². The molecule has 5 aliphatic rings. The summed E-state index contributed by atoms with van der Waals surface area (Å²) in [5.74, 6) is -1.47. The molecule has 5 aromatic rings. The third-order valence-electron chi connectivity index (χ3n) is 16.9. The molecule has 1 aliphatic carbocycles. The first-order valence-corrected chi connectivity index (χ1v) is 33.6. The van der Waals surface area contributed by atoms with Gasteiger partial charge in [0, 0.05) is 143 Å². The first kappa shape index (κ1) is 63.8. The second-order valence-corrected chi connectivity index (χ2v) is 28.3. The minimum atomic E-state index is -6.10. The summed E-state index contributed by atoms with van der Waals surface area (Å²) in [6.07, 6.45) is 4.15. The molecule has 2 atom stereocenters. The molecule has 4 fully saturated rings. The zero-order chi connectivity index (χ0) is 61.5. The summed E-state index contributed by atoms with van der Waals surface area (Å²) in [7, 11) is -11.0. The number of amides is 4. The first-order chi connectivity index (χ1) is 41.6. The summed E-state index contributed by atoms with van der Waals surface area (Å²) in [4.78, 5) is 49.1. The van der Waals surface area contributed by atoms with E-state index in [4.69, 9.17) is 16.3 Å². The first-order valence-electron chi connectivity index (χ1n) is 29.3. The van der Waals surface area contributed by atoms with E-state index >= 15 is 4.39 Å². The van der Waals surface area contributed by atoms with Gasteiger partial charge in [-0.2, -0.15) is 13.2 Å². The van der Waals surface area contributed by atoms with Crippen LogP contribution in [0.5, 0.6) is 0 Å². The number of anilines is 4. The van der Waals surface area contributed by atoms with Crippen LogP contribution in [0.1, 0.15) is 61.4 Å². The van der Waals surface area contributed by atoms with Gasteiger partial charge >= 0.3 is 11.5 Å². The van der Waals surface area contributed by atoms with Crippen LogP contribution in [0, 0.1) is 11.2 Å². The molecular formula is C62H72ClF4N9O8S3. The van der Waals surface area contributed by atoms with E-state index in [0.717, 1.165) is 99.8 Å². The van der Waals surface area contributed by atoms with E-state index in [9.17, 15) is 44.4 Å². The second kappa shape index (κ2) is 27.6. The van der Waals surface area contributed by atoms with Gasteiger partial charge in [0.15, 0.2) is 0 Å². The Bertz CT molecular complexity index is 3530. The van der Waals surface area contributed by atoms with Crippen molar-refractivity contribution in [1.29, 1.82) is 0 Å². The number of allylic oxidation sites excluding steroid dienone is 1. The summed E-state index contributed by atoms with van der Waals surface area (Å²) in [5.41, 5.74) is -0.721. The lowest BCUT2D eigenvalue weighted by Gasteiger charge is -2.44. The minimum Gasteiger partial charge on any atom is -0.380 e. The SMILES string of the molecule is C[C@@]1(CN2CCN(c3ccc(N4CCC(=O)NC4=O)cc3F)CC2)CCC(c2ccc(Cl)cc2)=C(CN2CCN(c3ccc(C(=O)NS(=O)(=O)c4ccc(N[C@H](CCN5CCCOCC5)CSc5ccccc5)c(S(=O)(=O)C(F)(F)F)c4)cc3)CC2)C1. The van der Waals surface area contributed by atoms with E-state index in [0.29, 0.717) is 87.1 Å². The molecule has 3 N–H and O–H groups in total. The highest BCUT2D eigenvalue weighted by Crippen LogP contribution is 2.45. The topological polar surface area (TPSA) is 184 Å². The Kier molecular flexibility index (Phi) is 20.3. The normalized spacial score (nSPS) is 20.3. The minimum absolute atomic E-state index is 0.0278. The molecule has 87 heavy (non-hydrogen) atoms. The average molecular weight is 1280 g/mol. The van der Waals surface area contributed by atoms with Crippen molar-refractivity contribution >= 4 is 89.4 Å². The van der Waals surface area contributed by atoms with E-state index in [1.54, 1.807) is 24.3 Å². The molecule has 25 heteroatoms. The number of urea groups is 1. The summed E-state index contributed by atoms with van der Waals surface area (Å²) in [5, 5.41) is 5.97. The van der Waals surface area contributed by atoms with E-state index in [1.807, 2.05) is 52.1 Å². The maximum absolute atomic E-state index is 15.6. The number of imide groups is 1. The third-order valence-corrected chi connectivity index (χ3v) is 21.2. The number of carbonyl (C=O) groups excluding carboxylic acids is 3. The van der Waals surface area contributed by atoms with E-state index in [1.165, 1.54) is 46.0 Å². The zero-order valence-corrected chi connectivity index (χ0v) is 51.6. The van der Waals surface area contributed by atoms with Crippen molar-refractivity contribution in [2.45, 2.75) is 71.7 Å². The second-order valence-electron chi connectivity index (χ2n) is 23.1. The van der Waals surface area contributed by atoms with Gasteiger partial charge in [-0.1, -0.05) is 54.4 Å². The van der Waals surface area contributed by atoms with Crippen LogP contribution in [0.15, 0.2) is 136 Å². The molecule has 0 saturated carbocycles. The number of nitrogens with one attached hydrogen (secondary N) is 3. The number of rotatable bonds is 20. The summed E-state index contributed by atoms with van der Waals surface area (Å²) < 4.78 is 120. The number of ether oxygens (including phenoxy) is 1. The molecule has 4 heterocycles. The fourth-order valence-electron chi connectivity index (χ4n) is 12.1. The third kappa shape index (κ3) is 16.0. The lowest BCUT2D eigenvalue weighted by atomic mass is 9.71. The average Bonchev–Trinajstić information content (AvgIpc) is 1.08. The zero-order valence-electron chi connectivity index (χ0n) is 48.4. The highest BCUT2D eigenvalue weighted by atomic mass is 35.5.